The molecule has 3 heteroatoms. The van der Waals surface area contributed by atoms with Gasteiger partial charge < -0.3 is 4.48 Å². The number of quaternary nitrogens is 1. The number of nitrogens with zero attached hydrogens (tertiary/aromatic N) is 1. The average Bonchev–Trinajstić information content (AvgIpc) is 2.97. The van der Waals surface area contributed by atoms with Gasteiger partial charge in [-0.25, -0.2) is 0 Å². The number of Topliss-reactive ketones (excluding diaryl/α,β-unsaturated/α-hetero) is 2. The van der Waals surface area contributed by atoms with E-state index in [0.29, 0.717) is 35.4 Å². The summed E-state index contributed by atoms with van der Waals surface area (Å²) < 4.78 is 0.750. The summed E-state index contributed by atoms with van der Waals surface area (Å²) in [6.07, 6.45) is 11.1. The monoisotopic (exact) mass is 402 g/mol. The minimum absolute atomic E-state index is 0.258. The molecule has 0 aromatic heterocycles. The number of rotatable bonds is 4. The Morgan fingerprint density at radius 2 is 1.52 bits per heavy atom. The number of carbonyl (C=O) groups is 2. The second kappa shape index (κ2) is 7.18. The first kappa shape index (κ1) is 21.5. The van der Waals surface area contributed by atoms with Gasteiger partial charge in [-0.1, -0.05) is 13.8 Å². The molecule has 4 unspecified atom stereocenters. The van der Waals surface area contributed by atoms with Crippen molar-refractivity contribution < 1.29 is 14.1 Å². The minimum Gasteiger partial charge on any atom is -0.325 e. The fraction of sp³-hybridized carbons (Fsp3) is 0.923. The van der Waals surface area contributed by atoms with Gasteiger partial charge in [0.2, 0.25) is 0 Å². The van der Waals surface area contributed by atoms with E-state index in [1.54, 1.807) is 0 Å². The fourth-order valence-corrected chi connectivity index (χ4v) is 8.81. The van der Waals surface area contributed by atoms with E-state index in [4.69, 9.17) is 0 Å². The van der Waals surface area contributed by atoms with Crippen LogP contribution in [0.4, 0.5) is 0 Å². The predicted molar refractivity (Wildman–Crippen MR) is 117 cm³/mol. The molecule has 4 aliphatic carbocycles. The zero-order valence-corrected chi connectivity index (χ0v) is 19.8. The van der Waals surface area contributed by atoms with Crippen molar-refractivity contribution >= 4 is 11.6 Å². The zero-order valence-electron chi connectivity index (χ0n) is 19.8. The van der Waals surface area contributed by atoms with E-state index >= 15 is 0 Å². The highest BCUT2D eigenvalue weighted by Gasteiger charge is 2.61. The normalized spacial score (nSPS) is 47.1. The van der Waals surface area contributed by atoms with E-state index in [2.05, 4.69) is 35.0 Å². The molecule has 0 spiro atoms. The Bertz CT molecular complexity index is 679. The number of carbonyl (C=O) groups excluding carboxylic acids is 2. The number of hydrogen-bond donors (Lipinski definition) is 0. The molecule has 0 saturated heterocycles. The molecule has 0 aromatic rings. The molecule has 0 aromatic carbocycles. The molecule has 0 N–H and O–H groups in total. The Morgan fingerprint density at radius 1 is 0.862 bits per heavy atom. The lowest BCUT2D eigenvalue weighted by atomic mass is 9.44. The van der Waals surface area contributed by atoms with Crippen molar-refractivity contribution in [3.05, 3.63) is 0 Å². The van der Waals surface area contributed by atoms with Gasteiger partial charge in [0.1, 0.15) is 12.3 Å². The second-order valence-electron chi connectivity index (χ2n) is 12.8. The smallest absolute Gasteiger partial charge is 0.189 e. The van der Waals surface area contributed by atoms with Crippen LogP contribution in [0, 0.1) is 46.3 Å². The molecular weight excluding hydrogens is 358 g/mol. The van der Waals surface area contributed by atoms with E-state index in [9.17, 15) is 9.59 Å². The summed E-state index contributed by atoms with van der Waals surface area (Å²) in [6.45, 7) is 7.53. The summed E-state index contributed by atoms with van der Waals surface area (Å²) in [6, 6.07) is 0. The molecule has 0 aliphatic heterocycles. The molecule has 0 bridgehead atoms. The van der Waals surface area contributed by atoms with E-state index in [0.717, 1.165) is 47.4 Å². The van der Waals surface area contributed by atoms with E-state index in [-0.39, 0.29) is 5.41 Å². The van der Waals surface area contributed by atoms with Crippen LogP contribution in [0.25, 0.3) is 0 Å². The maximum Gasteiger partial charge on any atom is 0.189 e. The third kappa shape index (κ3) is 3.54. The summed E-state index contributed by atoms with van der Waals surface area (Å²) in [5, 5.41) is 0. The first-order chi connectivity index (χ1) is 13.5. The quantitative estimate of drug-likeness (QED) is 0.611. The largest absolute Gasteiger partial charge is 0.325 e. The molecule has 4 saturated carbocycles. The van der Waals surface area contributed by atoms with Gasteiger partial charge in [-0.15, -0.1) is 0 Å². The van der Waals surface area contributed by atoms with Crippen molar-refractivity contribution in [1.82, 2.24) is 0 Å². The first-order valence-electron chi connectivity index (χ1n) is 12.3. The number of fused-ring (bicyclic) bond motifs is 5. The third-order valence-corrected chi connectivity index (χ3v) is 10.2. The van der Waals surface area contributed by atoms with Gasteiger partial charge >= 0.3 is 0 Å². The average molecular weight is 403 g/mol. The van der Waals surface area contributed by atoms with Gasteiger partial charge in [0.15, 0.2) is 5.78 Å². The lowest BCUT2D eigenvalue weighted by Crippen LogP contribution is -2.54. The van der Waals surface area contributed by atoms with Crippen molar-refractivity contribution in [1.29, 1.82) is 0 Å². The molecular formula is C26H44NO2+. The summed E-state index contributed by atoms with van der Waals surface area (Å²) in [4.78, 5) is 25.2. The van der Waals surface area contributed by atoms with E-state index < -0.39 is 0 Å². The molecule has 4 rings (SSSR count). The van der Waals surface area contributed by atoms with Crippen LogP contribution in [-0.2, 0) is 9.59 Å². The Labute approximate surface area is 178 Å². The van der Waals surface area contributed by atoms with Crippen molar-refractivity contribution in [3.63, 3.8) is 0 Å². The number of ketones is 2. The highest BCUT2D eigenvalue weighted by atomic mass is 16.1. The van der Waals surface area contributed by atoms with Gasteiger partial charge in [-0.3, -0.25) is 9.59 Å². The SMILES string of the molecule is CC(=O)C1CCC2C3CC[C@@H]4C[C@H](C(=O)C[N+](C)(C)C)CC[C@]4(C)C3CC[C@]12C. The van der Waals surface area contributed by atoms with Crippen LogP contribution in [0.15, 0.2) is 0 Å². The van der Waals surface area contributed by atoms with Gasteiger partial charge in [0, 0.05) is 11.8 Å². The van der Waals surface area contributed by atoms with Crippen LogP contribution in [0.1, 0.15) is 78.6 Å². The lowest BCUT2D eigenvalue weighted by Gasteiger charge is -2.61. The van der Waals surface area contributed by atoms with Crippen molar-refractivity contribution in [2.24, 2.45) is 46.3 Å². The van der Waals surface area contributed by atoms with E-state index in [1.807, 2.05) is 6.92 Å². The Balaban J connectivity index is 1.49. The summed E-state index contributed by atoms with van der Waals surface area (Å²) in [7, 11) is 6.39. The van der Waals surface area contributed by atoms with Crippen LogP contribution in [-0.4, -0.2) is 43.7 Å². The molecule has 0 heterocycles. The van der Waals surface area contributed by atoms with Crippen LogP contribution in [0.2, 0.25) is 0 Å². The van der Waals surface area contributed by atoms with Gasteiger partial charge in [-0.05, 0) is 99.2 Å². The maximum absolute atomic E-state index is 12.9. The standard InChI is InChI=1S/C26H44NO2/c1-17(28)21-9-10-22-20-8-7-19-15-18(24(29)16-27(4,5)6)11-13-25(19,2)23(20)12-14-26(21,22)3/h18-23H,7-16H2,1-6H3/q+1/t18-,19-,20?,21?,22?,23?,25+,26-/m1/s1. The summed E-state index contributed by atoms with van der Waals surface area (Å²) in [5.74, 6) is 4.66. The Morgan fingerprint density at radius 3 is 2.17 bits per heavy atom. The van der Waals surface area contributed by atoms with Crippen LogP contribution in [0.3, 0.4) is 0 Å². The van der Waals surface area contributed by atoms with Gasteiger partial charge in [-0.2, -0.15) is 0 Å². The first-order valence-corrected chi connectivity index (χ1v) is 12.3. The zero-order chi connectivity index (χ0) is 21.2. The molecule has 0 amide bonds. The van der Waals surface area contributed by atoms with Crippen LogP contribution in [0.5, 0.6) is 0 Å². The molecule has 0 radical (unpaired) electrons. The van der Waals surface area contributed by atoms with Gasteiger partial charge in [0.05, 0.1) is 21.1 Å². The fourth-order valence-electron chi connectivity index (χ4n) is 8.81. The summed E-state index contributed by atoms with van der Waals surface area (Å²) in [5.41, 5.74) is 0.680. The molecule has 29 heavy (non-hydrogen) atoms. The number of hydrogen-bond acceptors (Lipinski definition) is 2. The van der Waals surface area contributed by atoms with E-state index in [1.165, 1.54) is 38.5 Å². The lowest BCUT2D eigenvalue weighted by molar-refractivity contribution is -0.862. The third-order valence-electron chi connectivity index (χ3n) is 10.2. The highest BCUT2D eigenvalue weighted by molar-refractivity contribution is 5.82. The molecule has 4 fully saturated rings. The molecule has 4 aliphatic rings. The molecule has 8 atom stereocenters. The highest BCUT2D eigenvalue weighted by Crippen LogP contribution is 2.67. The Hall–Kier alpha value is -0.700. The second-order valence-corrected chi connectivity index (χ2v) is 12.8. The minimum atomic E-state index is 0.258. The van der Waals surface area contributed by atoms with Gasteiger partial charge in [0.25, 0.3) is 0 Å². The van der Waals surface area contributed by atoms with Crippen molar-refractivity contribution in [2.75, 3.05) is 27.7 Å². The molecule has 164 valence electrons. The predicted octanol–water partition coefficient (Wildman–Crippen LogP) is 5.13. The number of likely N-dealkylation sites (N-methyl/N-ethyl adjacent to an activating group) is 1. The summed E-state index contributed by atoms with van der Waals surface area (Å²) >= 11 is 0. The van der Waals surface area contributed by atoms with Crippen LogP contribution < -0.4 is 0 Å². The van der Waals surface area contributed by atoms with Crippen LogP contribution >= 0.6 is 0 Å². The topological polar surface area (TPSA) is 34.1 Å². The van der Waals surface area contributed by atoms with Crippen molar-refractivity contribution in [3.8, 4) is 0 Å². The maximum atomic E-state index is 12.9. The van der Waals surface area contributed by atoms with Crippen molar-refractivity contribution in [2.45, 2.75) is 78.6 Å². The Kier molecular flexibility index (Phi) is 5.33. The molecule has 3 nitrogen and oxygen atoms in total.